The summed E-state index contributed by atoms with van der Waals surface area (Å²) in [6.07, 6.45) is -1.55. The zero-order valence-corrected chi connectivity index (χ0v) is 8.54. The molecule has 5 nitrogen and oxygen atoms in total. The van der Waals surface area contributed by atoms with Gasteiger partial charge < -0.3 is 14.9 Å². The first-order valence-electron chi connectivity index (χ1n) is 5.04. The van der Waals surface area contributed by atoms with Crippen LogP contribution in [0, 0.1) is 0 Å². The number of benzene rings is 1. The van der Waals surface area contributed by atoms with E-state index in [-0.39, 0.29) is 0 Å². The van der Waals surface area contributed by atoms with Crippen LogP contribution in [-0.2, 0) is 4.79 Å². The van der Waals surface area contributed by atoms with Gasteiger partial charge in [-0.15, -0.1) is 0 Å². The van der Waals surface area contributed by atoms with E-state index in [2.05, 4.69) is 5.32 Å². The van der Waals surface area contributed by atoms with Gasteiger partial charge in [-0.25, -0.2) is 0 Å². The monoisotopic (exact) mass is 223 g/mol. The molecule has 2 unspecified atom stereocenters. The van der Waals surface area contributed by atoms with Crippen LogP contribution in [0.2, 0.25) is 0 Å². The molecule has 0 bridgehead atoms. The largest absolute Gasteiger partial charge is 0.486 e. The normalized spacial score (nSPS) is 28.9. The molecule has 0 aliphatic carbocycles. The van der Waals surface area contributed by atoms with Crippen molar-refractivity contribution in [1.29, 1.82) is 0 Å². The van der Waals surface area contributed by atoms with E-state index >= 15 is 0 Å². The summed E-state index contributed by atoms with van der Waals surface area (Å²) in [5, 5.41) is 21.2. The van der Waals surface area contributed by atoms with Crippen molar-refractivity contribution < 1.29 is 19.7 Å². The summed E-state index contributed by atoms with van der Waals surface area (Å²) in [7, 11) is 0. The lowest BCUT2D eigenvalue weighted by Crippen LogP contribution is -2.41. The van der Waals surface area contributed by atoms with Gasteiger partial charge in [0.15, 0.2) is 0 Å². The molecule has 1 saturated heterocycles. The van der Waals surface area contributed by atoms with Crippen molar-refractivity contribution in [2.75, 3.05) is 6.54 Å². The SMILES string of the molecule is O=C(O)[C@H]1NCC(Oc2ccccc2)C1O. The summed E-state index contributed by atoms with van der Waals surface area (Å²) in [5.74, 6) is -0.439. The minimum absolute atomic E-state index is 0.326. The standard InChI is InChI=1S/C11H13NO4/c13-10-8(6-12-9(10)11(14)15)16-7-4-2-1-3-5-7/h1-5,8-10,12-13H,6H2,(H,14,15)/t8?,9-,10?/m0/s1. The molecule has 86 valence electrons. The molecule has 0 saturated carbocycles. The molecule has 0 radical (unpaired) electrons. The van der Waals surface area contributed by atoms with Gasteiger partial charge in [0.2, 0.25) is 0 Å². The van der Waals surface area contributed by atoms with Crippen LogP contribution in [0.4, 0.5) is 0 Å². The van der Waals surface area contributed by atoms with Gasteiger partial charge >= 0.3 is 5.97 Å². The van der Waals surface area contributed by atoms with Crippen LogP contribution in [0.15, 0.2) is 30.3 Å². The summed E-state index contributed by atoms with van der Waals surface area (Å²) >= 11 is 0. The number of carboxylic acids is 1. The Labute approximate surface area is 92.7 Å². The third-order valence-electron chi connectivity index (χ3n) is 2.56. The number of aliphatic hydroxyl groups is 1. The van der Waals surface area contributed by atoms with E-state index in [9.17, 15) is 9.90 Å². The van der Waals surface area contributed by atoms with Crippen molar-refractivity contribution >= 4 is 5.97 Å². The van der Waals surface area contributed by atoms with Crippen molar-refractivity contribution in [2.24, 2.45) is 0 Å². The number of carbonyl (C=O) groups is 1. The van der Waals surface area contributed by atoms with Crippen LogP contribution in [-0.4, -0.2) is 41.0 Å². The highest BCUT2D eigenvalue weighted by molar-refractivity contribution is 5.75. The molecule has 1 aromatic rings. The first kappa shape index (κ1) is 10.9. The van der Waals surface area contributed by atoms with E-state index in [1.165, 1.54) is 0 Å². The second-order valence-electron chi connectivity index (χ2n) is 3.68. The fourth-order valence-corrected chi connectivity index (χ4v) is 1.72. The number of carboxylic acid groups (broad SMARTS) is 1. The van der Waals surface area contributed by atoms with Gasteiger partial charge in [0.05, 0.1) is 0 Å². The third kappa shape index (κ3) is 2.15. The molecule has 2 rings (SSSR count). The van der Waals surface area contributed by atoms with Crippen LogP contribution >= 0.6 is 0 Å². The van der Waals surface area contributed by atoms with Gasteiger partial charge in [-0.3, -0.25) is 10.1 Å². The van der Waals surface area contributed by atoms with Crippen LogP contribution in [0.1, 0.15) is 0 Å². The summed E-state index contributed by atoms with van der Waals surface area (Å²) in [5.41, 5.74) is 0. The highest BCUT2D eigenvalue weighted by Crippen LogP contribution is 2.17. The Morgan fingerprint density at radius 3 is 2.62 bits per heavy atom. The molecule has 16 heavy (non-hydrogen) atoms. The van der Waals surface area contributed by atoms with Crippen molar-refractivity contribution in [3.63, 3.8) is 0 Å². The Balaban J connectivity index is 2.00. The Bertz CT molecular complexity index is 368. The number of aliphatic hydroxyl groups excluding tert-OH is 1. The number of aliphatic carboxylic acids is 1. The lowest BCUT2D eigenvalue weighted by Gasteiger charge is -2.17. The number of hydrogen-bond acceptors (Lipinski definition) is 4. The summed E-state index contributed by atoms with van der Waals surface area (Å²) in [6, 6.07) is 8.07. The Hall–Kier alpha value is -1.59. The Morgan fingerprint density at radius 1 is 1.38 bits per heavy atom. The molecule has 5 heteroatoms. The number of nitrogens with one attached hydrogen (secondary N) is 1. The predicted molar refractivity (Wildman–Crippen MR) is 56.3 cm³/mol. The fourth-order valence-electron chi connectivity index (χ4n) is 1.72. The quantitative estimate of drug-likeness (QED) is 0.664. The zero-order chi connectivity index (χ0) is 11.5. The van der Waals surface area contributed by atoms with Gasteiger partial charge in [0.1, 0.15) is 24.0 Å². The predicted octanol–water partition coefficient (Wildman–Crippen LogP) is -0.149. The molecule has 1 heterocycles. The molecule has 3 atom stereocenters. The maximum absolute atomic E-state index is 10.7. The zero-order valence-electron chi connectivity index (χ0n) is 8.54. The first-order chi connectivity index (χ1) is 7.68. The summed E-state index contributed by atoms with van der Waals surface area (Å²) in [6.45, 7) is 0.326. The second kappa shape index (κ2) is 4.51. The first-order valence-corrected chi connectivity index (χ1v) is 5.04. The lowest BCUT2D eigenvalue weighted by atomic mass is 10.1. The highest BCUT2D eigenvalue weighted by atomic mass is 16.5. The fraction of sp³-hybridized carbons (Fsp3) is 0.364. The summed E-state index contributed by atoms with van der Waals surface area (Å²) in [4.78, 5) is 10.7. The van der Waals surface area contributed by atoms with E-state index in [1.54, 1.807) is 12.1 Å². The van der Waals surface area contributed by atoms with Crippen LogP contribution in [0.3, 0.4) is 0 Å². The molecule has 0 amide bonds. The maximum Gasteiger partial charge on any atom is 0.323 e. The average Bonchev–Trinajstić information content (AvgIpc) is 2.62. The molecule has 1 aliphatic heterocycles. The van der Waals surface area contributed by atoms with Crippen LogP contribution < -0.4 is 10.1 Å². The summed E-state index contributed by atoms with van der Waals surface area (Å²) < 4.78 is 5.49. The van der Waals surface area contributed by atoms with Crippen LogP contribution in [0.5, 0.6) is 5.75 Å². The van der Waals surface area contributed by atoms with Gasteiger partial charge in [0.25, 0.3) is 0 Å². The van der Waals surface area contributed by atoms with Crippen molar-refractivity contribution in [2.45, 2.75) is 18.2 Å². The van der Waals surface area contributed by atoms with Gasteiger partial charge in [0, 0.05) is 6.54 Å². The number of rotatable bonds is 3. The number of para-hydroxylation sites is 1. The molecule has 1 fully saturated rings. The van der Waals surface area contributed by atoms with Crippen molar-refractivity contribution in [3.05, 3.63) is 30.3 Å². The lowest BCUT2D eigenvalue weighted by molar-refractivity contribution is -0.142. The maximum atomic E-state index is 10.7. The van der Waals surface area contributed by atoms with Gasteiger partial charge in [-0.1, -0.05) is 18.2 Å². The van der Waals surface area contributed by atoms with E-state index < -0.39 is 24.2 Å². The third-order valence-corrected chi connectivity index (χ3v) is 2.56. The topological polar surface area (TPSA) is 78.8 Å². The van der Waals surface area contributed by atoms with Crippen LogP contribution in [0.25, 0.3) is 0 Å². The van der Waals surface area contributed by atoms with Crippen molar-refractivity contribution in [3.8, 4) is 5.75 Å². The molecule has 1 aliphatic rings. The van der Waals surface area contributed by atoms with E-state index in [0.717, 1.165) is 0 Å². The van der Waals surface area contributed by atoms with Gasteiger partial charge in [-0.05, 0) is 12.1 Å². The molecule has 0 spiro atoms. The highest BCUT2D eigenvalue weighted by Gasteiger charge is 2.40. The molecule has 1 aromatic carbocycles. The van der Waals surface area contributed by atoms with E-state index in [4.69, 9.17) is 9.84 Å². The number of ether oxygens (including phenoxy) is 1. The molecule has 3 N–H and O–H groups in total. The molecular weight excluding hydrogens is 210 g/mol. The minimum Gasteiger partial charge on any atom is -0.486 e. The van der Waals surface area contributed by atoms with Gasteiger partial charge in [-0.2, -0.15) is 0 Å². The van der Waals surface area contributed by atoms with E-state index in [0.29, 0.717) is 12.3 Å². The Morgan fingerprint density at radius 2 is 2.06 bits per heavy atom. The van der Waals surface area contributed by atoms with Crippen molar-refractivity contribution in [1.82, 2.24) is 5.32 Å². The molecule has 0 aromatic heterocycles. The smallest absolute Gasteiger partial charge is 0.323 e. The molecular formula is C11H13NO4. The average molecular weight is 223 g/mol. The van der Waals surface area contributed by atoms with E-state index in [1.807, 2.05) is 18.2 Å². The number of hydrogen-bond donors (Lipinski definition) is 3. The second-order valence-corrected chi connectivity index (χ2v) is 3.68. The minimum atomic E-state index is -1.06. The Kier molecular flexibility index (Phi) is 3.07.